The Labute approximate surface area is 88.2 Å². The summed E-state index contributed by atoms with van der Waals surface area (Å²) in [5, 5.41) is 32.0. The highest BCUT2D eigenvalue weighted by molar-refractivity contribution is 5.42. The third kappa shape index (κ3) is 1.91. The fourth-order valence-electron chi connectivity index (χ4n) is 1.95. The number of rotatable bonds is 1. The molecular formula is C11H15NO3. The first kappa shape index (κ1) is 10.3. The van der Waals surface area contributed by atoms with Crippen molar-refractivity contribution in [2.24, 2.45) is 0 Å². The van der Waals surface area contributed by atoms with Crippen molar-refractivity contribution in [3.63, 3.8) is 0 Å². The quantitative estimate of drug-likeness (QED) is 0.513. The van der Waals surface area contributed by atoms with E-state index in [0.717, 1.165) is 13.0 Å². The van der Waals surface area contributed by atoms with Gasteiger partial charge in [-0.25, -0.2) is 0 Å². The van der Waals surface area contributed by atoms with Crippen LogP contribution in [0.3, 0.4) is 0 Å². The van der Waals surface area contributed by atoms with Gasteiger partial charge in [0.05, 0.1) is 0 Å². The molecule has 1 aliphatic heterocycles. The molecule has 4 nitrogen and oxygen atoms in total. The minimum absolute atomic E-state index is 0.161. The molecule has 4 N–H and O–H groups in total. The Balaban J connectivity index is 2.31. The Morgan fingerprint density at radius 2 is 2.00 bits per heavy atom. The predicted octanol–water partition coefficient (Wildman–Crippen LogP) is 0.669. The maximum atomic E-state index is 10.3. The second-order valence-corrected chi connectivity index (χ2v) is 4.02. The number of nitrogens with one attached hydrogen (secondary N) is 1. The van der Waals surface area contributed by atoms with Gasteiger partial charge in [0, 0.05) is 6.54 Å². The Kier molecular flexibility index (Phi) is 2.54. The van der Waals surface area contributed by atoms with Crippen LogP contribution in [0.2, 0.25) is 0 Å². The molecule has 4 heteroatoms. The van der Waals surface area contributed by atoms with Crippen LogP contribution in [0.15, 0.2) is 18.2 Å². The lowest BCUT2D eigenvalue weighted by molar-refractivity contribution is 0.0121. The molecule has 1 atom stereocenters. The molecule has 0 unspecified atom stereocenters. The number of aromatic hydroxyl groups is 2. The van der Waals surface area contributed by atoms with Crippen molar-refractivity contribution in [2.75, 3.05) is 13.1 Å². The monoisotopic (exact) mass is 209 g/mol. The van der Waals surface area contributed by atoms with Gasteiger partial charge in [0.1, 0.15) is 5.60 Å². The van der Waals surface area contributed by atoms with Crippen molar-refractivity contribution in [2.45, 2.75) is 18.4 Å². The molecule has 0 saturated carbocycles. The summed E-state index contributed by atoms with van der Waals surface area (Å²) in [6.45, 7) is 1.39. The normalized spacial score (nSPS) is 26.5. The van der Waals surface area contributed by atoms with Crippen molar-refractivity contribution in [1.29, 1.82) is 0 Å². The zero-order valence-corrected chi connectivity index (χ0v) is 8.40. The molecule has 0 radical (unpaired) electrons. The summed E-state index contributed by atoms with van der Waals surface area (Å²) >= 11 is 0. The van der Waals surface area contributed by atoms with E-state index in [1.807, 2.05) is 0 Å². The molecule has 0 aromatic heterocycles. The molecule has 1 aliphatic rings. The van der Waals surface area contributed by atoms with E-state index in [4.69, 9.17) is 0 Å². The van der Waals surface area contributed by atoms with Gasteiger partial charge in [0.2, 0.25) is 0 Å². The maximum Gasteiger partial charge on any atom is 0.157 e. The molecule has 1 aromatic rings. The standard InChI is InChI=1S/C11H15NO3/c13-9-3-2-8(6-10(9)14)11(15)4-1-5-12-7-11/h2-3,6,12-15H,1,4-5,7H2/t11-/m0/s1. The van der Waals surface area contributed by atoms with E-state index in [2.05, 4.69) is 5.32 Å². The van der Waals surface area contributed by atoms with Crippen molar-refractivity contribution in [3.8, 4) is 11.5 Å². The van der Waals surface area contributed by atoms with Crippen molar-refractivity contribution >= 4 is 0 Å². The summed E-state index contributed by atoms with van der Waals surface area (Å²) in [6, 6.07) is 4.46. The summed E-state index contributed by atoms with van der Waals surface area (Å²) in [5.74, 6) is -0.349. The second-order valence-electron chi connectivity index (χ2n) is 4.02. The van der Waals surface area contributed by atoms with Gasteiger partial charge >= 0.3 is 0 Å². The van der Waals surface area contributed by atoms with E-state index in [1.165, 1.54) is 12.1 Å². The van der Waals surface area contributed by atoms with Crippen LogP contribution in [-0.2, 0) is 5.60 Å². The van der Waals surface area contributed by atoms with E-state index in [9.17, 15) is 15.3 Å². The number of piperidine rings is 1. The third-order valence-corrected chi connectivity index (χ3v) is 2.87. The minimum atomic E-state index is -0.927. The van der Waals surface area contributed by atoms with Crippen molar-refractivity contribution in [1.82, 2.24) is 5.32 Å². The van der Waals surface area contributed by atoms with Crippen molar-refractivity contribution in [3.05, 3.63) is 23.8 Å². The maximum absolute atomic E-state index is 10.3. The summed E-state index contributed by atoms with van der Waals surface area (Å²) in [7, 11) is 0. The molecule has 82 valence electrons. The summed E-state index contributed by atoms with van der Waals surface area (Å²) in [5.41, 5.74) is -0.284. The van der Waals surface area contributed by atoms with Crippen LogP contribution in [0, 0.1) is 0 Å². The zero-order chi connectivity index (χ0) is 10.9. The summed E-state index contributed by atoms with van der Waals surface area (Å²) in [6.07, 6.45) is 1.57. The first-order valence-corrected chi connectivity index (χ1v) is 5.07. The molecular weight excluding hydrogens is 194 g/mol. The fourth-order valence-corrected chi connectivity index (χ4v) is 1.95. The van der Waals surface area contributed by atoms with E-state index in [1.54, 1.807) is 6.07 Å². The fraction of sp³-hybridized carbons (Fsp3) is 0.455. The SMILES string of the molecule is Oc1ccc([C@]2(O)CCCNC2)cc1O. The second kappa shape index (κ2) is 3.72. The van der Waals surface area contributed by atoms with Crippen LogP contribution < -0.4 is 5.32 Å². The minimum Gasteiger partial charge on any atom is -0.504 e. The molecule has 0 bridgehead atoms. The predicted molar refractivity (Wildman–Crippen MR) is 55.8 cm³/mol. The summed E-state index contributed by atoms with van der Waals surface area (Å²) < 4.78 is 0. The number of phenolic OH excluding ortho intramolecular Hbond substituents is 2. The van der Waals surface area contributed by atoms with Crippen LogP contribution in [0.1, 0.15) is 18.4 Å². The van der Waals surface area contributed by atoms with Gasteiger partial charge in [0.15, 0.2) is 11.5 Å². The van der Waals surface area contributed by atoms with Gasteiger partial charge in [0.25, 0.3) is 0 Å². The molecule has 0 spiro atoms. The highest BCUT2D eigenvalue weighted by atomic mass is 16.3. The molecule has 0 amide bonds. The van der Waals surface area contributed by atoms with Gasteiger partial charge in [-0.05, 0) is 37.1 Å². The average Bonchev–Trinajstić information content (AvgIpc) is 2.23. The van der Waals surface area contributed by atoms with Crippen LogP contribution in [0.4, 0.5) is 0 Å². The van der Waals surface area contributed by atoms with Crippen molar-refractivity contribution < 1.29 is 15.3 Å². The topological polar surface area (TPSA) is 72.7 Å². The lowest BCUT2D eigenvalue weighted by Gasteiger charge is -2.33. The average molecular weight is 209 g/mol. The Bertz CT molecular complexity index is 359. The number of β-amino-alcohol motifs (C(OH)–C–C–N with tert-alkyl or cyclic N) is 1. The Morgan fingerprint density at radius 3 is 2.60 bits per heavy atom. The molecule has 1 aromatic carbocycles. The van der Waals surface area contributed by atoms with Gasteiger partial charge in [-0.3, -0.25) is 0 Å². The third-order valence-electron chi connectivity index (χ3n) is 2.87. The van der Waals surface area contributed by atoms with Gasteiger partial charge < -0.3 is 20.6 Å². The first-order chi connectivity index (χ1) is 7.12. The highest BCUT2D eigenvalue weighted by Crippen LogP contribution is 2.33. The van der Waals surface area contributed by atoms with E-state index in [-0.39, 0.29) is 11.5 Å². The first-order valence-electron chi connectivity index (χ1n) is 5.07. The largest absolute Gasteiger partial charge is 0.504 e. The number of benzene rings is 1. The summed E-state index contributed by atoms with van der Waals surface area (Å²) in [4.78, 5) is 0. The van der Waals surface area contributed by atoms with E-state index >= 15 is 0 Å². The zero-order valence-electron chi connectivity index (χ0n) is 8.40. The molecule has 15 heavy (non-hydrogen) atoms. The Hall–Kier alpha value is -1.26. The molecule has 1 saturated heterocycles. The number of aliphatic hydroxyl groups is 1. The number of hydrogen-bond acceptors (Lipinski definition) is 4. The molecule has 0 aliphatic carbocycles. The smallest absolute Gasteiger partial charge is 0.157 e. The molecule has 1 fully saturated rings. The van der Waals surface area contributed by atoms with Gasteiger partial charge in [-0.1, -0.05) is 6.07 Å². The molecule has 1 heterocycles. The number of hydrogen-bond donors (Lipinski definition) is 4. The number of phenols is 2. The van der Waals surface area contributed by atoms with Crippen LogP contribution in [0.5, 0.6) is 11.5 Å². The lowest BCUT2D eigenvalue weighted by atomic mass is 9.86. The van der Waals surface area contributed by atoms with Crippen LogP contribution in [0.25, 0.3) is 0 Å². The van der Waals surface area contributed by atoms with Gasteiger partial charge in [-0.2, -0.15) is 0 Å². The van der Waals surface area contributed by atoms with Crippen LogP contribution in [-0.4, -0.2) is 28.4 Å². The van der Waals surface area contributed by atoms with Crippen LogP contribution >= 0.6 is 0 Å². The van der Waals surface area contributed by atoms with Gasteiger partial charge in [-0.15, -0.1) is 0 Å². The van der Waals surface area contributed by atoms with E-state index < -0.39 is 5.60 Å². The highest BCUT2D eigenvalue weighted by Gasteiger charge is 2.31. The van der Waals surface area contributed by atoms with E-state index in [0.29, 0.717) is 18.5 Å². The molecule has 2 rings (SSSR count). The Morgan fingerprint density at radius 1 is 1.20 bits per heavy atom. The lowest BCUT2D eigenvalue weighted by Crippen LogP contribution is -2.43.